The lowest BCUT2D eigenvalue weighted by molar-refractivity contribution is 0.520. The fraction of sp³-hybridized carbons (Fsp3) is 0.538. The van der Waals surface area contributed by atoms with E-state index in [9.17, 15) is 0 Å². The third-order valence-corrected chi connectivity index (χ3v) is 3.66. The Hall–Kier alpha value is -0.600. The summed E-state index contributed by atoms with van der Waals surface area (Å²) >= 11 is 1.86. The highest BCUT2D eigenvalue weighted by Gasteiger charge is 2.13. The Morgan fingerprint density at radius 3 is 2.80 bits per heavy atom. The average Bonchev–Trinajstić information content (AvgIpc) is 2.59. The van der Waals surface area contributed by atoms with Crippen molar-refractivity contribution in [2.45, 2.75) is 39.7 Å². The maximum atomic E-state index is 3.97. The molecule has 15 heavy (non-hydrogen) atoms. The second-order valence-electron chi connectivity index (χ2n) is 4.07. The van der Waals surface area contributed by atoms with Gasteiger partial charge in [0.15, 0.2) is 0 Å². The maximum Gasteiger partial charge on any atom is 0.0420 e. The molecule has 1 unspecified atom stereocenters. The van der Waals surface area contributed by atoms with Gasteiger partial charge < -0.3 is 5.32 Å². The third-order valence-electron chi connectivity index (χ3n) is 2.53. The molecule has 0 fully saturated rings. The highest BCUT2D eigenvalue weighted by Crippen LogP contribution is 2.28. The van der Waals surface area contributed by atoms with Crippen molar-refractivity contribution in [2.24, 2.45) is 0 Å². The van der Waals surface area contributed by atoms with Crippen molar-refractivity contribution >= 4 is 11.3 Å². The van der Waals surface area contributed by atoms with Crippen molar-refractivity contribution in [3.05, 3.63) is 34.0 Å². The molecule has 1 nitrogen and oxygen atoms in total. The summed E-state index contributed by atoms with van der Waals surface area (Å²) in [5, 5.41) is 5.73. The predicted molar refractivity (Wildman–Crippen MR) is 69.5 cm³/mol. The van der Waals surface area contributed by atoms with Crippen molar-refractivity contribution in [3.8, 4) is 0 Å². The van der Waals surface area contributed by atoms with E-state index in [0.29, 0.717) is 6.04 Å². The first-order valence-corrected chi connectivity index (χ1v) is 6.44. The van der Waals surface area contributed by atoms with Crippen LogP contribution in [0.25, 0.3) is 0 Å². The average molecular weight is 223 g/mol. The van der Waals surface area contributed by atoms with Gasteiger partial charge in [0, 0.05) is 10.9 Å². The van der Waals surface area contributed by atoms with Crippen LogP contribution in [0.3, 0.4) is 0 Å². The molecule has 1 aromatic heterocycles. The zero-order valence-corrected chi connectivity index (χ0v) is 10.8. The fourth-order valence-corrected chi connectivity index (χ4v) is 2.74. The highest BCUT2D eigenvalue weighted by atomic mass is 32.1. The minimum absolute atomic E-state index is 0.506. The summed E-state index contributed by atoms with van der Waals surface area (Å²) in [7, 11) is 0. The summed E-state index contributed by atoms with van der Waals surface area (Å²) in [6, 6.07) is 2.71. The summed E-state index contributed by atoms with van der Waals surface area (Å²) in [6.07, 6.45) is 2.26. The monoisotopic (exact) mass is 223 g/mol. The molecule has 84 valence electrons. The number of hydrogen-bond acceptors (Lipinski definition) is 2. The van der Waals surface area contributed by atoms with E-state index in [1.54, 1.807) is 0 Å². The maximum absolute atomic E-state index is 3.97. The van der Waals surface area contributed by atoms with Crippen molar-refractivity contribution in [1.29, 1.82) is 0 Å². The van der Waals surface area contributed by atoms with E-state index in [4.69, 9.17) is 0 Å². The number of nitrogens with one attached hydrogen (secondary N) is 1. The van der Waals surface area contributed by atoms with Gasteiger partial charge >= 0.3 is 0 Å². The molecule has 0 radical (unpaired) electrons. The van der Waals surface area contributed by atoms with Crippen LogP contribution in [0.4, 0.5) is 0 Å². The SMILES string of the molecule is C=C(C)CCC(NCC)c1sccc1C. The van der Waals surface area contributed by atoms with Gasteiger partial charge in [0.05, 0.1) is 0 Å². The first kappa shape index (κ1) is 12.5. The van der Waals surface area contributed by atoms with E-state index in [2.05, 4.69) is 44.1 Å². The van der Waals surface area contributed by atoms with Crippen LogP contribution in [0.1, 0.15) is 43.2 Å². The summed E-state index contributed by atoms with van der Waals surface area (Å²) in [4.78, 5) is 1.48. The van der Waals surface area contributed by atoms with Crippen LogP contribution in [-0.2, 0) is 0 Å². The molecule has 0 saturated heterocycles. The van der Waals surface area contributed by atoms with E-state index in [1.807, 2.05) is 11.3 Å². The summed E-state index contributed by atoms with van der Waals surface area (Å²) < 4.78 is 0. The van der Waals surface area contributed by atoms with Gasteiger partial charge in [-0.2, -0.15) is 0 Å². The second kappa shape index (κ2) is 6.09. The molecule has 1 heterocycles. The van der Waals surface area contributed by atoms with Crippen LogP contribution in [0.15, 0.2) is 23.6 Å². The van der Waals surface area contributed by atoms with Crippen LogP contribution >= 0.6 is 11.3 Å². The van der Waals surface area contributed by atoms with Crippen LogP contribution in [-0.4, -0.2) is 6.54 Å². The zero-order chi connectivity index (χ0) is 11.3. The smallest absolute Gasteiger partial charge is 0.0420 e. The molecule has 0 aliphatic rings. The number of rotatable bonds is 6. The number of aryl methyl sites for hydroxylation is 1. The van der Waals surface area contributed by atoms with Crippen LogP contribution in [0, 0.1) is 6.92 Å². The summed E-state index contributed by atoms with van der Waals surface area (Å²) in [6.45, 7) is 11.4. The molecule has 0 aliphatic carbocycles. The van der Waals surface area contributed by atoms with Crippen molar-refractivity contribution in [3.63, 3.8) is 0 Å². The minimum atomic E-state index is 0.506. The van der Waals surface area contributed by atoms with Gasteiger partial charge in [0.1, 0.15) is 0 Å². The quantitative estimate of drug-likeness (QED) is 0.717. The highest BCUT2D eigenvalue weighted by molar-refractivity contribution is 7.10. The van der Waals surface area contributed by atoms with E-state index >= 15 is 0 Å². The van der Waals surface area contributed by atoms with Crippen molar-refractivity contribution in [1.82, 2.24) is 5.32 Å². The van der Waals surface area contributed by atoms with E-state index < -0.39 is 0 Å². The van der Waals surface area contributed by atoms with Crippen molar-refractivity contribution in [2.75, 3.05) is 6.54 Å². The lowest BCUT2D eigenvalue weighted by Crippen LogP contribution is -2.20. The lowest BCUT2D eigenvalue weighted by atomic mass is 10.0. The Morgan fingerprint density at radius 1 is 1.60 bits per heavy atom. The molecule has 0 saturated carbocycles. The zero-order valence-electron chi connectivity index (χ0n) is 9.97. The Morgan fingerprint density at radius 2 is 2.33 bits per heavy atom. The Kier molecular flexibility index (Phi) is 5.06. The first-order chi connectivity index (χ1) is 7.15. The van der Waals surface area contributed by atoms with E-state index in [0.717, 1.165) is 19.4 Å². The van der Waals surface area contributed by atoms with Gasteiger partial charge in [-0.3, -0.25) is 0 Å². The van der Waals surface area contributed by atoms with Gasteiger partial charge in [-0.1, -0.05) is 12.5 Å². The molecular weight excluding hydrogens is 202 g/mol. The van der Waals surface area contributed by atoms with Gasteiger partial charge in [0.2, 0.25) is 0 Å². The molecule has 1 aromatic rings. The number of thiophene rings is 1. The third kappa shape index (κ3) is 3.80. The molecular formula is C13H21NS. The summed E-state index contributed by atoms with van der Waals surface area (Å²) in [5.41, 5.74) is 2.68. The standard InChI is InChI=1S/C13H21NS/c1-5-14-12(7-6-10(2)3)13-11(4)8-9-15-13/h8-9,12,14H,2,5-7H2,1,3-4H3. The molecule has 0 aliphatic heterocycles. The predicted octanol–water partition coefficient (Wildman–Crippen LogP) is 4.06. The Balaban J connectivity index is 2.65. The fourth-order valence-electron chi connectivity index (χ4n) is 1.70. The molecule has 1 atom stereocenters. The molecule has 1 N–H and O–H groups in total. The van der Waals surface area contributed by atoms with E-state index in [1.165, 1.54) is 16.0 Å². The van der Waals surface area contributed by atoms with Crippen LogP contribution in [0.2, 0.25) is 0 Å². The summed E-state index contributed by atoms with van der Waals surface area (Å²) in [5.74, 6) is 0. The molecule has 0 amide bonds. The number of hydrogen-bond donors (Lipinski definition) is 1. The molecule has 0 aromatic carbocycles. The van der Waals surface area contributed by atoms with Crippen LogP contribution in [0.5, 0.6) is 0 Å². The molecule has 2 heteroatoms. The Bertz CT molecular complexity index is 314. The van der Waals surface area contributed by atoms with Gasteiger partial charge in [-0.25, -0.2) is 0 Å². The van der Waals surface area contributed by atoms with Crippen LogP contribution < -0.4 is 5.32 Å². The topological polar surface area (TPSA) is 12.0 Å². The first-order valence-electron chi connectivity index (χ1n) is 5.57. The van der Waals surface area contributed by atoms with Crippen molar-refractivity contribution < 1.29 is 0 Å². The largest absolute Gasteiger partial charge is 0.310 e. The molecule has 0 spiro atoms. The van der Waals surface area contributed by atoms with E-state index in [-0.39, 0.29) is 0 Å². The Labute approximate surface area is 97.2 Å². The normalized spacial score (nSPS) is 12.7. The molecule has 1 rings (SSSR count). The minimum Gasteiger partial charge on any atom is -0.310 e. The second-order valence-corrected chi connectivity index (χ2v) is 5.02. The number of allylic oxidation sites excluding steroid dienone is 1. The van der Waals surface area contributed by atoms with Gasteiger partial charge in [0.25, 0.3) is 0 Å². The molecule has 0 bridgehead atoms. The van der Waals surface area contributed by atoms with Gasteiger partial charge in [-0.15, -0.1) is 17.9 Å². The lowest BCUT2D eigenvalue weighted by Gasteiger charge is -2.17. The van der Waals surface area contributed by atoms with Gasteiger partial charge in [-0.05, 0) is 50.2 Å².